The van der Waals surface area contributed by atoms with E-state index in [1.54, 1.807) is 13.8 Å². The third-order valence-corrected chi connectivity index (χ3v) is 2.87. The minimum absolute atomic E-state index is 0.0377. The molecule has 0 aliphatic rings. The van der Waals surface area contributed by atoms with Crippen LogP contribution in [0.4, 0.5) is 4.79 Å². The fraction of sp³-hybridized carbons (Fsp3) is 0.769. The van der Waals surface area contributed by atoms with Crippen molar-refractivity contribution in [3.63, 3.8) is 0 Å². The highest BCUT2D eigenvalue weighted by Gasteiger charge is 2.25. The summed E-state index contributed by atoms with van der Waals surface area (Å²) in [6, 6.07) is -1.54. The van der Waals surface area contributed by atoms with Crippen LogP contribution in [-0.4, -0.2) is 35.6 Å². The van der Waals surface area contributed by atoms with Gasteiger partial charge in [0.05, 0.1) is 5.92 Å². The highest BCUT2D eigenvalue weighted by Crippen LogP contribution is 2.11. The average molecular weight is 287 g/mol. The summed E-state index contributed by atoms with van der Waals surface area (Å²) in [6.45, 7) is 7.41. The van der Waals surface area contributed by atoms with Gasteiger partial charge in [-0.15, -0.1) is 0 Å². The molecule has 0 saturated heterocycles. The van der Waals surface area contributed by atoms with Gasteiger partial charge in [0.25, 0.3) is 0 Å². The van der Waals surface area contributed by atoms with Crippen molar-refractivity contribution in [2.24, 2.45) is 23.5 Å². The number of carboxylic acids is 1. The van der Waals surface area contributed by atoms with Crippen LogP contribution in [0.25, 0.3) is 0 Å². The van der Waals surface area contributed by atoms with Crippen molar-refractivity contribution in [1.29, 1.82) is 0 Å². The third-order valence-electron chi connectivity index (χ3n) is 2.87. The molecule has 116 valence electrons. The maximum Gasteiger partial charge on any atom is 0.312 e. The average Bonchev–Trinajstić information content (AvgIpc) is 2.29. The zero-order valence-corrected chi connectivity index (χ0v) is 12.5. The molecule has 0 fully saturated rings. The smallest absolute Gasteiger partial charge is 0.312 e. The second-order valence-corrected chi connectivity index (χ2v) is 5.64. The maximum atomic E-state index is 12.0. The van der Waals surface area contributed by atoms with Gasteiger partial charge in [-0.3, -0.25) is 9.59 Å². The van der Waals surface area contributed by atoms with Gasteiger partial charge in [0.2, 0.25) is 5.91 Å². The fourth-order valence-electron chi connectivity index (χ4n) is 1.86. The van der Waals surface area contributed by atoms with Crippen molar-refractivity contribution in [3.8, 4) is 0 Å². The summed E-state index contributed by atoms with van der Waals surface area (Å²) in [6.07, 6.45) is 0.477. The molecule has 2 unspecified atom stereocenters. The van der Waals surface area contributed by atoms with Crippen LogP contribution in [0.5, 0.6) is 0 Å². The number of nitrogens with one attached hydrogen (secondary N) is 2. The molecule has 0 bridgehead atoms. The first kappa shape index (κ1) is 18.2. The van der Waals surface area contributed by atoms with Crippen molar-refractivity contribution in [2.75, 3.05) is 6.54 Å². The summed E-state index contributed by atoms with van der Waals surface area (Å²) < 4.78 is 0. The monoisotopic (exact) mass is 287 g/mol. The van der Waals surface area contributed by atoms with Crippen molar-refractivity contribution >= 4 is 17.9 Å². The van der Waals surface area contributed by atoms with E-state index in [9.17, 15) is 14.4 Å². The van der Waals surface area contributed by atoms with Crippen LogP contribution in [0.15, 0.2) is 0 Å². The number of carbonyl (C=O) groups is 3. The van der Waals surface area contributed by atoms with Crippen LogP contribution in [0, 0.1) is 17.8 Å². The summed E-state index contributed by atoms with van der Waals surface area (Å²) >= 11 is 0. The number of amides is 3. The number of hydrogen-bond donors (Lipinski definition) is 4. The first-order chi connectivity index (χ1) is 9.15. The number of carboxylic acid groups (broad SMARTS) is 1. The number of rotatable bonds is 8. The molecule has 0 radical (unpaired) electrons. The Hall–Kier alpha value is -1.79. The lowest BCUT2D eigenvalue weighted by Gasteiger charge is -2.22. The molecule has 0 spiro atoms. The van der Waals surface area contributed by atoms with Gasteiger partial charge in [-0.05, 0) is 18.3 Å². The Kier molecular flexibility index (Phi) is 7.64. The lowest BCUT2D eigenvalue weighted by atomic mass is 9.96. The van der Waals surface area contributed by atoms with Crippen molar-refractivity contribution < 1.29 is 19.5 Å². The maximum absolute atomic E-state index is 12.0. The van der Waals surface area contributed by atoms with E-state index < -0.39 is 29.9 Å². The molecule has 0 rings (SSSR count). The van der Waals surface area contributed by atoms with Crippen molar-refractivity contribution in [2.45, 2.75) is 40.2 Å². The summed E-state index contributed by atoms with van der Waals surface area (Å²) in [7, 11) is 0. The SMILES string of the molecule is CC(C)CC(CNC(=O)C(NC(N)=O)C(C)C)C(=O)O. The minimum atomic E-state index is -0.942. The van der Waals surface area contributed by atoms with E-state index in [0.717, 1.165) is 0 Å². The van der Waals surface area contributed by atoms with Crippen LogP contribution in [0.2, 0.25) is 0 Å². The highest BCUT2D eigenvalue weighted by molar-refractivity contribution is 5.87. The van der Waals surface area contributed by atoms with Crippen molar-refractivity contribution in [3.05, 3.63) is 0 Å². The highest BCUT2D eigenvalue weighted by atomic mass is 16.4. The zero-order valence-electron chi connectivity index (χ0n) is 12.5. The molecule has 5 N–H and O–H groups in total. The molecule has 0 aromatic rings. The number of aliphatic carboxylic acids is 1. The zero-order chi connectivity index (χ0) is 15.9. The molecule has 0 aromatic carbocycles. The minimum Gasteiger partial charge on any atom is -0.481 e. The summed E-state index contributed by atoms with van der Waals surface area (Å²) in [5, 5.41) is 14.0. The first-order valence-electron chi connectivity index (χ1n) is 6.71. The van der Waals surface area contributed by atoms with Crippen molar-refractivity contribution in [1.82, 2.24) is 10.6 Å². The van der Waals surface area contributed by atoms with Crippen LogP contribution in [-0.2, 0) is 9.59 Å². The van der Waals surface area contributed by atoms with E-state index in [2.05, 4.69) is 10.6 Å². The van der Waals surface area contributed by atoms with Gasteiger partial charge in [-0.2, -0.15) is 0 Å². The van der Waals surface area contributed by atoms with E-state index in [-0.39, 0.29) is 18.4 Å². The molecule has 0 saturated carbocycles. The van der Waals surface area contributed by atoms with Crippen LogP contribution >= 0.6 is 0 Å². The molecular formula is C13H25N3O4. The predicted octanol–water partition coefficient (Wildman–Crippen LogP) is 0.542. The summed E-state index contributed by atoms with van der Waals surface area (Å²) in [4.78, 5) is 33.9. The molecule has 0 aliphatic heterocycles. The molecule has 0 aliphatic carbocycles. The molecule has 7 heteroatoms. The van der Waals surface area contributed by atoms with Crippen LogP contribution in [0.3, 0.4) is 0 Å². The lowest BCUT2D eigenvalue weighted by molar-refractivity contribution is -0.142. The molecular weight excluding hydrogens is 262 g/mol. The van der Waals surface area contributed by atoms with Gasteiger partial charge < -0.3 is 21.5 Å². The molecule has 0 heterocycles. The van der Waals surface area contributed by atoms with Gasteiger partial charge in [0.1, 0.15) is 6.04 Å². The molecule has 2 atom stereocenters. The fourth-order valence-corrected chi connectivity index (χ4v) is 1.86. The van der Waals surface area contributed by atoms with E-state index in [4.69, 9.17) is 10.8 Å². The lowest BCUT2D eigenvalue weighted by Crippen LogP contribution is -2.52. The summed E-state index contributed by atoms with van der Waals surface area (Å²) in [5.74, 6) is -1.93. The Morgan fingerprint density at radius 3 is 2.05 bits per heavy atom. The van der Waals surface area contributed by atoms with Gasteiger partial charge in [-0.1, -0.05) is 27.7 Å². The molecule has 0 aromatic heterocycles. The number of urea groups is 1. The Labute approximate surface area is 119 Å². The standard InChI is InChI=1S/C13H25N3O4/c1-7(2)5-9(12(18)19)6-15-11(17)10(8(3)4)16-13(14)20/h7-10H,5-6H2,1-4H3,(H,15,17)(H,18,19)(H3,14,16,20). The predicted molar refractivity (Wildman–Crippen MR) is 74.9 cm³/mol. The van der Waals surface area contributed by atoms with Gasteiger partial charge >= 0.3 is 12.0 Å². The Bertz CT molecular complexity index is 356. The summed E-state index contributed by atoms with van der Waals surface area (Å²) in [5.41, 5.74) is 5.01. The number of hydrogen-bond acceptors (Lipinski definition) is 3. The normalized spacial score (nSPS) is 13.9. The number of carbonyl (C=O) groups excluding carboxylic acids is 2. The number of nitrogens with two attached hydrogens (primary N) is 1. The Morgan fingerprint density at radius 2 is 1.70 bits per heavy atom. The van der Waals surface area contributed by atoms with E-state index >= 15 is 0 Å². The number of primary amides is 1. The second-order valence-electron chi connectivity index (χ2n) is 5.64. The largest absolute Gasteiger partial charge is 0.481 e. The van der Waals surface area contributed by atoms with E-state index in [1.807, 2.05) is 13.8 Å². The first-order valence-corrected chi connectivity index (χ1v) is 6.71. The Morgan fingerprint density at radius 1 is 1.15 bits per heavy atom. The van der Waals surface area contributed by atoms with E-state index in [0.29, 0.717) is 6.42 Å². The molecule has 3 amide bonds. The van der Waals surface area contributed by atoms with Crippen LogP contribution in [0.1, 0.15) is 34.1 Å². The van der Waals surface area contributed by atoms with E-state index in [1.165, 1.54) is 0 Å². The molecule has 20 heavy (non-hydrogen) atoms. The van der Waals surface area contributed by atoms with Crippen LogP contribution < -0.4 is 16.4 Å². The van der Waals surface area contributed by atoms with Gasteiger partial charge in [0.15, 0.2) is 0 Å². The quantitative estimate of drug-likeness (QED) is 0.520. The van der Waals surface area contributed by atoms with Gasteiger partial charge in [-0.25, -0.2) is 4.79 Å². The van der Waals surface area contributed by atoms with Gasteiger partial charge in [0, 0.05) is 6.54 Å². The second kappa shape index (κ2) is 8.39. The topological polar surface area (TPSA) is 122 Å². The third kappa shape index (κ3) is 6.96. The Balaban J connectivity index is 4.55. The molecule has 7 nitrogen and oxygen atoms in total.